The first-order chi connectivity index (χ1) is 9.08. The first-order valence-electron chi connectivity index (χ1n) is 6.11. The maximum absolute atomic E-state index is 11.6. The molecule has 1 aromatic heterocycles. The quantitative estimate of drug-likeness (QED) is 0.691. The van der Waals surface area contributed by atoms with Crippen LogP contribution in [0.5, 0.6) is 0 Å². The Bertz CT molecular complexity index is 403. The smallest absolute Gasteiger partial charge is 0.348 e. The molecule has 0 atom stereocenters. The monoisotopic (exact) mass is 287 g/mol. The summed E-state index contributed by atoms with van der Waals surface area (Å²) in [7, 11) is 0. The summed E-state index contributed by atoms with van der Waals surface area (Å²) in [5, 5.41) is 13.1. The maximum Gasteiger partial charge on any atom is 0.348 e. The van der Waals surface area contributed by atoms with E-state index in [1.807, 2.05) is 20.8 Å². The number of likely N-dealkylation sites (N-methyl/N-ethyl adjacent to an activating group) is 1. The van der Waals surface area contributed by atoms with E-state index in [1.165, 1.54) is 0 Å². The lowest BCUT2D eigenvalue weighted by Crippen LogP contribution is -2.37. The molecule has 6 nitrogen and oxygen atoms in total. The fourth-order valence-corrected chi connectivity index (χ4v) is 1.96. The van der Waals surface area contributed by atoms with Gasteiger partial charge in [-0.15, -0.1) is 11.3 Å². The summed E-state index contributed by atoms with van der Waals surface area (Å²) in [6.45, 7) is 7.01. The van der Waals surface area contributed by atoms with Gasteiger partial charge < -0.3 is 16.2 Å². The largest absolute Gasteiger partial charge is 0.477 e. The highest BCUT2D eigenvalue weighted by Gasteiger charge is 2.14. The number of carboxylic acid groups (broad SMARTS) is 1. The number of carbonyl (C=O) groups excluding carboxylic acids is 1. The number of carbonyl (C=O) groups is 2. The molecule has 0 radical (unpaired) electrons. The Morgan fingerprint density at radius 3 is 2.58 bits per heavy atom. The fraction of sp³-hybridized carbons (Fsp3) is 0.500. The lowest BCUT2D eigenvalue weighted by molar-refractivity contribution is -0.117. The van der Waals surface area contributed by atoms with Gasteiger partial charge in [0.05, 0.1) is 12.2 Å². The van der Waals surface area contributed by atoms with E-state index in [4.69, 9.17) is 10.8 Å². The van der Waals surface area contributed by atoms with Crippen LogP contribution in [0.15, 0.2) is 11.4 Å². The molecule has 108 valence electrons. The number of anilines is 1. The Balaban J connectivity index is 0.00000154. The topological polar surface area (TPSA) is 95.7 Å². The molecular formula is C12H21N3O3S. The van der Waals surface area contributed by atoms with Crippen molar-refractivity contribution in [3.8, 4) is 0 Å². The molecule has 19 heavy (non-hydrogen) atoms. The SMILES string of the molecule is CC.CCN(CN)CC(=O)Nc1ccsc1C(=O)O. The summed E-state index contributed by atoms with van der Waals surface area (Å²) in [4.78, 5) is 24.3. The molecule has 1 aromatic rings. The molecule has 0 saturated heterocycles. The minimum atomic E-state index is -1.04. The predicted molar refractivity (Wildman–Crippen MR) is 77.6 cm³/mol. The molecule has 7 heteroatoms. The zero-order chi connectivity index (χ0) is 14.8. The van der Waals surface area contributed by atoms with Crippen LogP contribution < -0.4 is 11.1 Å². The van der Waals surface area contributed by atoms with Gasteiger partial charge >= 0.3 is 5.97 Å². The Morgan fingerprint density at radius 2 is 2.11 bits per heavy atom. The number of nitrogens with two attached hydrogens (primary N) is 1. The number of thiophene rings is 1. The molecule has 0 saturated carbocycles. The van der Waals surface area contributed by atoms with Crippen molar-refractivity contribution in [1.29, 1.82) is 0 Å². The number of aromatic carboxylic acids is 1. The maximum atomic E-state index is 11.6. The van der Waals surface area contributed by atoms with Gasteiger partial charge in [-0.1, -0.05) is 20.8 Å². The molecule has 0 aliphatic rings. The van der Waals surface area contributed by atoms with E-state index >= 15 is 0 Å². The number of nitrogens with one attached hydrogen (secondary N) is 1. The molecule has 0 bridgehead atoms. The van der Waals surface area contributed by atoms with E-state index in [0.29, 0.717) is 18.9 Å². The summed E-state index contributed by atoms with van der Waals surface area (Å²) in [6, 6.07) is 1.57. The molecule has 1 amide bonds. The Labute approximate surface area is 117 Å². The standard InChI is InChI=1S/C10H15N3O3S.C2H6/c1-2-13(6-11)5-8(14)12-7-3-4-17-9(7)10(15)16;1-2/h3-4H,2,5-6,11H2,1H3,(H,12,14)(H,15,16);1-2H3. The Kier molecular flexibility index (Phi) is 8.77. The van der Waals surface area contributed by atoms with Gasteiger partial charge in [0.1, 0.15) is 4.88 Å². The number of nitrogens with zero attached hydrogens (tertiary/aromatic N) is 1. The molecule has 1 heterocycles. The number of rotatable bonds is 6. The van der Waals surface area contributed by atoms with Crippen LogP contribution in [-0.4, -0.2) is 41.6 Å². The van der Waals surface area contributed by atoms with Crippen molar-refractivity contribution >= 4 is 28.9 Å². The van der Waals surface area contributed by atoms with Crippen LogP contribution in [0.1, 0.15) is 30.4 Å². The zero-order valence-corrected chi connectivity index (χ0v) is 12.3. The third kappa shape index (κ3) is 5.82. The van der Waals surface area contributed by atoms with Crippen molar-refractivity contribution < 1.29 is 14.7 Å². The van der Waals surface area contributed by atoms with Crippen LogP contribution in [0, 0.1) is 0 Å². The molecule has 4 N–H and O–H groups in total. The Morgan fingerprint density at radius 1 is 1.47 bits per heavy atom. The van der Waals surface area contributed by atoms with Gasteiger partial charge in [0, 0.05) is 6.67 Å². The molecular weight excluding hydrogens is 266 g/mol. The third-order valence-electron chi connectivity index (χ3n) is 2.21. The molecule has 0 aromatic carbocycles. The van der Waals surface area contributed by atoms with Crippen LogP contribution >= 0.6 is 11.3 Å². The second-order valence-electron chi connectivity index (χ2n) is 3.34. The average Bonchev–Trinajstić information content (AvgIpc) is 2.86. The highest BCUT2D eigenvalue weighted by Crippen LogP contribution is 2.21. The average molecular weight is 287 g/mol. The van der Waals surface area contributed by atoms with Gasteiger partial charge in [-0.3, -0.25) is 9.69 Å². The summed E-state index contributed by atoms with van der Waals surface area (Å²) < 4.78 is 0. The number of carboxylic acids is 1. The second kappa shape index (κ2) is 9.48. The third-order valence-corrected chi connectivity index (χ3v) is 3.11. The Hall–Kier alpha value is -1.44. The first-order valence-corrected chi connectivity index (χ1v) is 6.99. The molecule has 0 spiro atoms. The van der Waals surface area contributed by atoms with Gasteiger partial charge in [0.15, 0.2) is 0 Å². The summed E-state index contributed by atoms with van der Waals surface area (Å²) in [5.41, 5.74) is 5.77. The van der Waals surface area contributed by atoms with Gasteiger partial charge in [-0.25, -0.2) is 4.79 Å². The summed E-state index contributed by atoms with van der Waals surface area (Å²) >= 11 is 1.08. The number of hydrogen-bond donors (Lipinski definition) is 3. The molecule has 0 fully saturated rings. The fourth-order valence-electron chi connectivity index (χ4n) is 1.27. The molecule has 0 aliphatic carbocycles. The van der Waals surface area contributed by atoms with Crippen LogP contribution in [-0.2, 0) is 4.79 Å². The van der Waals surface area contributed by atoms with E-state index in [1.54, 1.807) is 16.3 Å². The van der Waals surface area contributed by atoms with Gasteiger partial charge in [0.2, 0.25) is 5.91 Å². The van der Waals surface area contributed by atoms with Crippen molar-refractivity contribution in [2.24, 2.45) is 5.73 Å². The predicted octanol–water partition coefficient (Wildman–Crippen LogP) is 1.65. The van der Waals surface area contributed by atoms with Crippen molar-refractivity contribution in [3.05, 3.63) is 16.3 Å². The van der Waals surface area contributed by atoms with E-state index < -0.39 is 5.97 Å². The van der Waals surface area contributed by atoms with Gasteiger partial charge in [-0.05, 0) is 18.0 Å². The van der Waals surface area contributed by atoms with Gasteiger partial charge in [0.25, 0.3) is 0 Å². The zero-order valence-electron chi connectivity index (χ0n) is 11.5. The lowest BCUT2D eigenvalue weighted by atomic mass is 10.3. The highest BCUT2D eigenvalue weighted by atomic mass is 32.1. The van der Waals surface area contributed by atoms with E-state index in [0.717, 1.165) is 11.3 Å². The summed E-state index contributed by atoms with van der Waals surface area (Å²) in [5.74, 6) is -1.31. The van der Waals surface area contributed by atoms with Crippen LogP contribution in [0.3, 0.4) is 0 Å². The second-order valence-corrected chi connectivity index (χ2v) is 4.26. The van der Waals surface area contributed by atoms with E-state index in [-0.39, 0.29) is 17.3 Å². The van der Waals surface area contributed by atoms with Gasteiger partial charge in [-0.2, -0.15) is 0 Å². The van der Waals surface area contributed by atoms with Crippen LogP contribution in [0.4, 0.5) is 5.69 Å². The summed E-state index contributed by atoms with van der Waals surface area (Å²) in [6.07, 6.45) is 0. The van der Waals surface area contributed by atoms with Crippen molar-refractivity contribution in [2.75, 3.05) is 25.1 Å². The normalized spacial score (nSPS) is 9.74. The minimum Gasteiger partial charge on any atom is -0.477 e. The first kappa shape index (κ1) is 17.6. The number of hydrogen-bond acceptors (Lipinski definition) is 5. The molecule has 0 aliphatic heterocycles. The van der Waals surface area contributed by atoms with E-state index in [9.17, 15) is 9.59 Å². The van der Waals surface area contributed by atoms with Crippen molar-refractivity contribution in [2.45, 2.75) is 20.8 Å². The van der Waals surface area contributed by atoms with Crippen molar-refractivity contribution in [1.82, 2.24) is 4.90 Å². The molecule has 1 rings (SSSR count). The van der Waals surface area contributed by atoms with Crippen LogP contribution in [0.25, 0.3) is 0 Å². The van der Waals surface area contributed by atoms with E-state index in [2.05, 4.69) is 5.32 Å². The molecule has 0 unspecified atom stereocenters. The minimum absolute atomic E-state index is 0.133. The lowest BCUT2D eigenvalue weighted by Gasteiger charge is -2.16. The highest BCUT2D eigenvalue weighted by molar-refractivity contribution is 7.12. The van der Waals surface area contributed by atoms with Crippen LogP contribution in [0.2, 0.25) is 0 Å². The number of amides is 1. The van der Waals surface area contributed by atoms with Crippen molar-refractivity contribution in [3.63, 3.8) is 0 Å².